The smallest absolute Gasteiger partial charge is 0.209 e. The first-order valence-electron chi connectivity index (χ1n) is 6.58. The Labute approximate surface area is 109 Å². The number of rotatable bonds is 5. The third-order valence-corrected chi connectivity index (χ3v) is 3.38. The van der Waals surface area contributed by atoms with Crippen molar-refractivity contribution in [1.29, 1.82) is 0 Å². The second kappa shape index (κ2) is 6.02. The Morgan fingerprint density at radius 3 is 2.72 bits per heavy atom. The first kappa shape index (κ1) is 13.1. The normalized spacial score (nSPS) is 17.1. The molecule has 0 aliphatic carbocycles. The van der Waals surface area contributed by atoms with Crippen LogP contribution in [0.25, 0.3) is 6.20 Å². The average molecular weight is 249 g/mol. The maximum atomic E-state index is 5.54. The quantitative estimate of drug-likeness (QED) is 0.831. The summed E-state index contributed by atoms with van der Waals surface area (Å²) in [4.78, 5) is 9.38. The number of anilines is 1. The van der Waals surface area contributed by atoms with Crippen molar-refractivity contribution in [2.75, 3.05) is 44.7 Å². The predicted octanol–water partition coefficient (Wildman–Crippen LogP) is 0.627. The van der Waals surface area contributed by atoms with Gasteiger partial charge in [0.25, 0.3) is 0 Å². The van der Waals surface area contributed by atoms with Gasteiger partial charge in [-0.25, -0.2) is 4.98 Å². The molecule has 1 fully saturated rings. The van der Waals surface area contributed by atoms with E-state index in [9.17, 15) is 0 Å². The highest BCUT2D eigenvalue weighted by molar-refractivity contribution is 5.42. The fraction of sp³-hybridized carbons (Fsp3) is 0.615. The van der Waals surface area contributed by atoms with Crippen LogP contribution in [0.5, 0.6) is 0 Å². The zero-order chi connectivity index (χ0) is 13.0. The third-order valence-electron chi connectivity index (χ3n) is 3.38. The van der Waals surface area contributed by atoms with Crippen LogP contribution in [0, 0.1) is 0 Å². The molecular weight excluding hydrogens is 226 g/mol. The van der Waals surface area contributed by atoms with Crippen LogP contribution < -0.4 is 10.6 Å². The van der Waals surface area contributed by atoms with Crippen LogP contribution in [-0.4, -0.2) is 54.2 Å². The first-order chi connectivity index (χ1) is 8.74. The molecule has 5 heteroatoms. The largest absolute Gasteiger partial charge is 0.339 e. The number of aryl methyl sites for hydroxylation is 1. The van der Waals surface area contributed by atoms with Crippen LogP contribution in [0.4, 0.5) is 5.95 Å². The zero-order valence-electron chi connectivity index (χ0n) is 11.2. The van der Waals surface area contributed by atoms with Gasteiger partial charge in [-0.1, -0.05) is 6.58 Å². The van der Waals surface area contributed by atoms with Gasteiger partial charge in [-0.05, 0) is 26.4 Å². The van der Waals surface area contributed by atoms with E-state index in [0.717, 1.165) is 50.7 Å². The topological polar surface area (TPSA) is 50.3 Å². The van der Waals surface area contributed by atoms with Crippen molar-refractivity contribution in [2.24, 2.45) is 5.73 Å². The first-order valence-corrected chi connectivity index (χ1v) is 6.58. The molecule has 0 bridgehead atoms. The van der Waals surface area contributed by atoms with Gasteiger partial charge in [0.15, 0.2) is 0 Å². The molecule has 0 radical (unpaired) electrons. The van der Waals surface area contributed by atoms with Gasteiger partial charge in [0.1, 0.15) is 0 Å². The molecule has 100 valence electrons. The van der Waals surface area contributed by atoms with Crippen molar-refractivity contribution in [3.63, 3.8) is 0 Å². The van der Waals surface area contributed by atoms with Crippen LogP contribution >= 0.6 is 0 Å². The lowest BCUT2D eigenvalue weighted by atomic mass is 10.2. The van der Waals surface area contributed by atoms with Crippen molar-refractivity contribution >= 4 is 12.1 Å². The SMILES string of the molecule is C=Cn1cc(CCCN)nc1N1CCN(C)CC1. The molecule has 0 spiro atoms. The Hall–Kier alpha value is -1.33. The van der Waals surface area contributed by atoms with E-state index in [1.165, 1.54) is 0 Å². The second-order valence-corrected chi connectivity index (χ2v) is 4.80. The lowest BCUT2D eigenvalue weighted by Gasteiger charge is -2.32. The van der Waals surface area contributed by atoms with E-state index >= 15 is 0 Å². The number of nitrogens with two attached hydrogens (primary N) is 1. The summed E-state index contributed by atoms with van der Waals surface area (Å²) < 4.78 is 2.02. The lowest BCUT2D eigenvalue weighted by Crippen LogP contribution is -2.45. The predicted molar refractivity (Wildman–Crippen MR) is 75.7 cm³/mol. The van der Waals surface area contributed by atoms with Crippen molar-refractivity contribution in [1.82, 2.24) is 14.5 Å². The van der Waals surface area contributed by atoms with Gasteiger partial charge in [-0.2, -0.15) is 0 Å². The molecule has 2 rings (SSSR count). The van der Waals surface area contributed by atoms with E-state index in [0.29, 0.717) is 6.54 Å². The summed E-state index contributed by atoms with van der Waals surface area (Å²) in [7, 11) is 2.16. The highest BCUT2D eigenvalue weighted by atomic mass is 15.3. The lowest BCUT2D eigenvalue weighted by molar-refractivity contribution is 0.311. The van der Waals surface area contributed by atoms with E-state index in [1.54, 1.807) is 0 Å². The highest BCUT2D eigenvalue weighted by Crippen LogP contribution is 2.17. The van der Waals surface area contributed by atoms with Crippen molar-refractivity contribution in [2.45, 2.75) is 12.8 Å². The molecule has 2 N–H and O–H groups in total. The fourth-order valence-corrected chi connectivity index (χ4v) is 2.21. The molecular formula is C13H23N5. The number of piperazine rings is 1. The minimum Gasteiger partial charge on any atom is -0.339 e. The van der Waals surface area contributed by atoms with E-state index in [1.807, 2.05) is 10.8 Å². The Bertz CT molecular complexity index is 390. The van der Waals surface area contributed by atoms with Gasteiger partial charge in [0, 0.05) is 38.6 Å². The molecule has 1 aliphatic heterocycles. The summed E-state index contributed by atoms with van der Waals surface area (Å²) in [6.07, 6.45) is 5.82. The summed E-state index contributed by atoms with van der Waals surface area (Å²) in [6.45, 7) is 8.79. The summed E-state index contributed by atoms with van der Waals surface area (Å²) in [6, 6.07) is 0. The molecule has 18 heavy (non-hydrogen) atoms. The molecule has 1 aliphatic rings. The molecule has 1 aromatic rings. The number of imidazole rings is 1. The third kappa shape index (κ3) is 2.91. The molecule has 0 unspecified atom stereocenters. The maximum Gasteiger partial charge on any atom is 0.209 e. The summed E-state index contributed by atoms with van der Waals surface area (Å²) in [5.74, 6) is 1.02. The molecule has 1 saturated heterocycles. The zero-order valence-corrected chi connectivity index (χ0v) is 11.2. The van der Waals surface area contributed by atoms with Crippen molar-refractivity contribution in [3.8, 4) is 0 Å². The van der Waals surface area contributed by atoms with Crippen LogP contribution in [0.15, 0.2) is 12.8 Å². The van der Waals surface area contributed by atoms with Gasteiger partial charge < -0.3 is 15.5 Å². The number of nitrogens with zero attached hydrogens (tertiary/aromatic N) is 4. The number of hydrogen-bond donors (Lipinski definition) is 1. The minimum atomic E-state index is 0.713. The van der Waals surface area contributed by atoms with Gasteiger partial charge in [-0.3, -0.25) is 4.57 Å². The van der Waals surface area contributed by atoms with Gasteiger partial charge in [-0.15, -0.1) is 0 Å². The standard InChI is InChI=1S/C13H23N5/c1-3-17-11-12(5-4-6-14)15-13(17)18-9-7-16(2)8-10-18/h3,11H,1,4-10,14H2,2H3. The Morgan fingerprint density at radius 1 is 1.39 bits per heavy atom. The molecule has 0 atom stereocenters. The summed E-state index contributed by atoms with van der Waals surface area (Å²) in [5, 5.41) is 0. The van der Waals surface area contributed by atoms with E-state index in [4.69, 9.17) is 10.7 Å². The molecule has 0 aromatic carbocycles. The molecule has 0 amide bonds. The Balaban J connectivity index is 2.10. The second-order valence-electron chi connectivity index (χ2n) is 4.80. The van der Waals surface area contributed by atoms with E-state index in [-0.39, 0.29) is 0 Å². The monoisotopic (exact) mass is 249 g/mol. The van der Waals surface area contributed by atoms with Crippen molar-refractivity contribution in [3.05, 3.63) is 18.5 Å². The van der Waals surface area contributed by atoms with Crippen LogP contribution in [0.1, 0.15) is 12.1 Å². The fourth-order valence-electron chi connectivity index (χ4n) is 2.21. The molecule has 0 saturated carbocycles. The highest BCUT2D eigenvalue weighted by Gasteiger charge is 2.18. The Kier molecular flexibility index (Phi) is 4.38. The summed E-state index contributed by atoms with van der Waals surface area (Å²) in [5.41, 5.74) is 6.65. The number of likely N-dealkylation sites (N-methyl/N-ethyl adjacent to an activating group) is 1. The molecule has 5 nitrogen and oxygen atoms in total. The van der Waals surface area contributed by atoms with Crippen molar-refractivity contribution < 1.29 is 0 Å². The van der Waals surface area contributed by atoms with Gasteiger partial charge in [0.2, 0.25) is 5.95 Å². The van der Waals surface area contributed by atoms with E-state index < -0.39 is 0 Å². The number of hydrogen-bond acceptors (Lipinski definition) is 4. The minimum absolute atomic E-state index is 0.713. The summed E-state index contributed by atoms with van der Waals surface area (Å²) >= 11 is 0. The number of aromatic nitrogens is 2. The molecule has 1 aromatic heterocycles. The van der Waals surface area contributed by atoms with Crippen LogP contribution in [-0.2, 0) is 6.42 Å². The maximum absolute atomic E-state index is 5.54. The van der Waals surface area contributed by atoms with Crippen LogP contribution in [0.3, 0.4) is 0 Å². The van der Waals surface area contributed by atoms with Gasteiger partial charge in [0.05, 0.1) is 5.69 Å². The van der Waals surface area contributed by atoms with E-state index in [2.05, 4.69) is 29.6 Å². The van der Waals surface area contributed by atoms with Crippen LogP contribution in [0.2, 0.25) is 0 Å². The average Bonchev–Trinajstić information content (AvgIpc) is 2.80. The molecule has 2 heterocycles. The van der Waals surface area contributed by atoms with Gasteiger partial charge >= 0.3 is 0 Å². The Morgan fingerprint density at radius 2 is 2.11 bits per heavy atom.